The van der Waals surface area contributed by atoms with Crippen LogP contribution < -0.4 is 5.32 Å². The van der Waals surface area contributed by atoms with Gasteiger partial charge in [-0.2, -0.15) is 0 Å². The van der Waals surface area contributed by atoms with Gasteiger partial charge in [0.05, 0.1) is 6.54 Å². The third kappa shape index (κ3) is 8.41. The monoisotopic (exact) mass is 670 g/mol. The molecule has 0 radical (unpaired) electrons. The van der Waals surface area contributed by atoms with Gasteiger partial charge in [-0.15, -0.1) is 0 Å². The van der Waals surface area contributed by atoms with E-state index in [0.29, 0.717) is 26.2 Å². The van der Waals surface area contributed by atoms with Gasteiger partial charge in [-0.25, -0.2) is 4.79 Å². The summed E-state index contributed by atoms with van der Waals surface area (Å²) in [6, 6.07) is 40.0. The fraction of sp³-hybridized carbons (Fsp3) is 0.302. The predicted molar refractivity (Wildman–Crippen MR) is 198 cm³/mol. The Labute approximate surface area is 295 Å². The summed E-state index contributed by atoms with van der Waals surface area (Å²) in [5.74, 6) is -0.295. The molecule has 258 valence electrons. The fourth-order valence-electron chi connectivity index (χ4n) is 7.01. The lowest BCUT2D eigenvalue weighted by Gasteiger charge is -2.31. The van der Waals surface area contributed by atoms with Gasteiger partial charge in [-0.3, -0.25) is 4.79 Å². The average molecular weight is 671 g/mol. The largest absolute Gasteiger partial charge is 0.449 e. The van der Waals surface area contributed by atoms with Crippen molar-refractivity contribution in [3.8, 4) is 11.1 Å². The zero-order valence-corrected chi connectivity index (χ0v) is 28.9. The highest BCUT2D eigenvalue weighted by Crippen LogP contribution is 2.44. The summed E-state index contributed by atoms with van der Waals surface area (Å²) in [5.41, 5.74) is 6.75. The van der Waals surface area contributed by atoms with Crippen LogP contribution in [0.4, 0.5) is 4.79 Å². The molecule has 7 heteroatoms. The van der Waals surface area contributed by atoms with Gasteiger partial charge in [0.15, 0.2) is 6.29 Å². The summed E-state index contributed by atoms with van der Waals surface area (Å²) in [4.78, 5) is 30.1. The first-order valence-electron chi connectivity index (χ1n) is 17.7. The number of hydrogen-bond acceptors (Lipinski definition) is 5. The SMILES string of the molecule is CCOC(CN(CCCc1ccccc1)C(=O)C(Cc1cccc2ccccc12)NC(=O)OCC1c2ccccc2-c2ccccc21)OCC. The molecule has 0 heterocycles. The molecular weight excluding hydrogens is 624 g/mol. The third-order valence-electron chi connectivity index (χ3n) is 9.36. The Balaban J connectivity index is 1.24. The molecule has 0 aliphatic heterocycles. The maximum absolute atomic E-state index is 14.6. The van der Waals surface area contributed by atoms with Gasteiger partial charge in [0.1, 0.15) is 12.6 Å². The third-order valence-corrected chi connectivity index (χ3v) is 9.36. The van der Waals surface area contributed by atoms with Crippen molar-refractivity contribution < 1.29 is 23.8 Å². The van der Waals surface area contributed by atoms with Crippen molar-refractivity contribution in [1.82, 2.24) is 10.2 Å². The van der Waals surface area contributed by atoms with Gasteiger partial charge >= 0.3 is 6.09 Å². The summed E-state index contributed by atoms with van der Waals surface area (Å²) >= 11 is 0. The van der Waals surface area contributed by atoms with Crippen molar-refractivity contribution in [1.29, 1.82) is 0 Å². The van der Waals surface area contributed by atoms with Crippen LogP contribution in [-0.4, -0.2) is 62.1 Å². The van der Waals surface area contributed by atoms with Crippen molar-refractivity contribution in [2.75, 3.05) is 32.9 Å². The van der Waals surface area contributed by atoms with Crippen LogP contribution >= 0.6 is 0 Å². The van der Waals surface area contributed by atoms with Crippen LogP contribution in [0.15, 0.2) is 121 Å². The first-order chi connectivity index (χ1) is 24.6. The average Bonchev–Trinajstić information content (AvgIpc) is 3.47. The molecule has 1 aliphatic rings. The van der Waals surface area contributed by atoms with Crippen molar-refractivity contribution in [3.05, 3.63) is 144 Å². The standard InChI is InChI=1S/C43H46N2O5/c1-3-48-41(49-4-2)29-45(27-15-18-31-16-6-5-7-17-31)42(46)40(28-33-21-14-20-32-19-8-9-22-34(32)33)44-43(47)50-30-39-37-25-12-10-23-35(37)36-24-11-13-26-38(36)39/h5-14,16-17,19-26,39-41H,3-4,15,18,27-30H2,1-2H3,(H,44,47). The highest BCUT2D eigenvalue weighted by molar-refractivity contribution is 5.89. The number of ether oxygens (including phenoxy) is 3. The molecule has 50 heavy (non-hydrogen) atoms. The Kier molecular flexibility index (Phi) is 11.9. The van der Waals surface area contributed by atoms with Gasteiger partial charge in [0.25, 0.3) is 0 Å². The number of amides is 2. The van der Waals surface area contributed by atoms with E-state index in [1.807, 2.05) is 80.6 Å². The van der Waals surface area contributed by atoms with Crippen LogP contribution in [0.5, 0.6) is 0 Å². The first kappa shape index (κ1) is 34.9. The number of carbonyl (C=O) groups excluding carboxylic acids is 2. The lowest BCUT2D eigenvalue weighted by Crippen LogP contribution is -2.52. The minimum absolute atomic E-state index is 0.0898. The van der Waals surface area contributed by atoms with E-state index in [1.165, 1.54) is 5.56 Å². The van der Waals surface area contributed by atoms with Crippen molar-refractivity contribution >= 4 is 22.8 Å². The molecule has 0 saturated carbocycles. The molecule has 2 amide bonds. The van der Waals surface area contributed by atoms with Crippen molar-refractivity contribution in [3.63, 3.8) is 0 Å². The van der Waals surface area contributed by atoms with E-state index in [2.05, 4.69) is 59.9 Å². The molecule has 1 N–H and O–H groups in total. The lowest BCUT2D eigenvalue weighted by molar-refractivity contribution is -0.160. The van der Waals surface area contributed by atoms with Gasteiger partial charge in [-0.1, -0.05) is 121 Å². The lowest BCUT2D eigenvalue weighted by atomic mass is 9.98. The first-order valence-corrected chi connectivity index (χ1v) is 17.7. The molecule has 5 aromatic carbocycles. The molecule has 0 spiro atoms. The van der Waals surface area contributed by atoms with Crippen LogP contribution in [0.25, 0.3) is 21.9 Å². The molecule has 0 aromatic heterocycles. The number of fused-ring (bicyclic) bond motifs is 4. The number of hydrogen-bond donors (Lipinski definition) is 1. The number of nitrogens with one attached hydrogen (secondary N) is 1. The maximum Gasteiger partial charge on any atom is 0.407 e. The molecular formula is C43H46N2O5. The van der Waals surface area contributed by atoms with Crippen LogP contribution in [-0.2, 0) is 31.8 Å². The summed E-state index contributed by atoms with van der Waals surface area (Å²) in [5, 5.41) is 5.11. The Bertz CT molecular complexity index is 1820. The van der Waals surface area contributed by atoms with Gasteiger partial charge in [0, 0.05) is 32.1 Å². The van der Waals surface area contributed by atoms with Crippen LogP contribution in [0.1, 0.15) is 48.4 Å². The second-order valence-electron chi connectivity index (χ2n) is 12.6. The molecule has 0 fully saturated rings. The van der Waals surface area contributed by atoms with Crippen molar-refractivity contribution in [2.24, 2.45) is 0 Å². The van der Waals surface area contributed by atoms with Crippen molar-refractivity contribution in [2.45, 2.75) is 51.4 Å². The summed E-state index contributed by atoms with van der Waals surface area (Å²) in [6.45, 7) is 5.61. The van der Waals surface area contributed by atoms with Crippen LogP contribution in [0.3, 0.4) is 0 Å². The number of nitrogens with zero attached hydrogens (tertiary/aromatic N) is 1. The van der Waals surface area contributed by atoms with E-state index in [4.69, 9.17) is 14.2 Å². The fourth-order valence-corrected chi connectivity index (χ4v) is 7.01. The highest BCUT2D eigenvalue weighted by Gasteiger charge is 2.32. The second kappa shape index (κ2) is 17.1. The number of rotatable bonds is 16. The Hall–Kier alpha value is -4.98. The molecule has 7 nitrogen and oxygen atoms in total. The zero-order chi connectivity index (χ0) is 34.7. The Morgan fingerprint density at radius 3 is 2.06 bits per heavy atom. The molecule has 1 aliphatic carbocycles. The maximum atomic E-state index is 14.6. The topological polar surface area (TPSA) is 77.1 Å². The zero-order valence-electron chi connectivity index (χ0n) is 28.9. The molecule has 1 unspecified atom stereocenters. The van der Waals surface area contributed by atoms with Crippen LogP contribution in [0, 0.1) is 0 Å². The highest BCUT2D eigenvalue weighted by atomic mass is 16.7. The van der Waals surface area contributed by atoms with E-state index < -0.39 is 18.4 Å². The van der Waals surface area contributed by atoms with E-state index in [0.717, 1.165) is 51.4 Å². The number of aryl methyl sites for hydroxylation is 1. The molecule has 5 aromatic rings. The number of alkyl carbamates (subject to hydrolysis) is 1. The van der Waals surface area contributed by atoms with E-state index >= 15 is 0 Å². The van der Waals surface area contributed by atoms with E-state index in [9.17, 15) is 9.59 Å². The Morgan fingerprint density at radius 2 is 1.36 bits per heavy atom. The van der Waals surface area contributed by atoms with Crippen LogP contribution in [0.2, 0.25) is 0 Å². The van der Waals surface area contributed by atoms with E-state index in [1.54, 1.807) is 4.90 Å². The van der Waals surface area contributed by atoms with E-state index in [-0.39, 0.29) is 25.0 Å². The molecule has 0 bridgehead atoms. The minimum Gasteiger partial charge on any atom is -0.449 e. The minimum atomic E-state index is -0.878. The predicted octanol–water partition coefficient (Wildman–Crippen LogP) is 8.15. The molecule has 0 saturated heterocycles. The quantitative estimate of drug-likeness (QED) is 0.107. The smallest absolute Gasteiger partial charge is 0.407 e. The molecule has 6 rings (SSSR count). The Morgan fingerprint density at radius 1 is 0.740 bits per heavy atom. The van der Waals surface area contributed by atoms with Gasteiger partial charge < -0.3 is 24.4 Å². The summed E-state index contributed by atoms with van der Waals surface area (Å²) < 4.78 is 17.7. The summed E-state index contributed by atoms with van der Waals surface area (Å²) in [6.07, 6.45) is 0.645. The number of benzene rings is 5. The normalized spacial score (nSPS) is 12.8. The van der Waals surface area contributed by atoms with Gasteiger partial charge in [-0.05, 0) is 70.8 Å². The van der Waals surface area contributed by atoms with Gasteiger partial charge in [0.2, 0.25) is 5.91 Å². The summed E-state index contributed by atoms with van der Waals surface area (Å²) in [7, 11) is 0. The molecule has 1 atom stereocenters. The second-order valence-corrected chi connectivity index (χ2v) is 12.6. The number of carbonyl (C=O) groups is 2.